The quantitative estimate of drug-likeness (QED) is 0.130. The van der Waals surface area contributed by atoms with E-state index in [1.807, 2.05) is 48.5 Å². The first-order valence-corrected chi connectivity index (χ1v) is 27.8. The molecule has 0 amide bonds. The predicted molar refractivity (Wildman–Crippen MR) is 266 cm³/mol. The van der Waals surface area contributed by atoms with E-state index in [4.69, 9.17) is 9.47 Å². The molecule has 4 nitrogen and oxygen atoms in total. The smallest absolute Gasteiger partial charge is 0.151 e. The van der Waals surface area contributed by atoms with Gasteiger partial charge in [0.2, 0.25) is 0 Å². The van der Waals surface area contributed by atoms with Crippen LogP contribution in [0.3, 0.4) is 0 Å². The van der Waals surface area contributed by atoms with E-state index in [0.717, 1.165) is 57.1 Å². The Morgan fingerprint density at radius 1 is 0.409 bits per heavy atom. The van der Waals surface area contributed by atoms with Gasteiger partial charge in [-0.1, -0.05) is 134 Å². The summed E-state index contributed by atoms with van der Waals surface area (Å²) in [5, 5.41) is 5.09. The third-order valence-electron chi connectivity index (χ3n) is 11.5. The van der Waals surface area contributed by atoms with Crippen molar-refractivity contribution in [3.63, 3.8) is 0 Å². The van der Waals surface area contributed by atoms with Crippen molar-refractivity contribution in [1.82, 2.24) is 0 Å². The monoisotopic (exact) mass is 990 g/mol. The van der Waals surface area contributed by atoms with Crippen LogP contribution in [0.4, 0.5) is 34.1 Å². The molecule has 2 heterocycles. The summed E-state index contributed by atoms with van der Waals surface area (Å²) in [6.07, 6.45) is 0. The molecule has 0 unspecified atom stereocenters. The fraction of sp³-hybridized carbons (Fsp3) is 0.0690. The van der Waals surface area contributed by atoms with E-state index < -0.39 is 0 Å². The minimum absolute atomic E-state index is 0. The molecule has 8 heteroatoms. The Bertz CT molecular complexity index is 3020. The van der Waals surface area contributed by atoms with Crippen LogP contribution in [0.15, 0.2) is 206 Å². The molecule has 66 heavy (non-hydrogen) atoms. The molecule has 324 valence electrons. The van der Waals surface area contributed by atoms with Gasteiger partial charge in [-0.2, -0.15) is 12.1 Å². The van der Waals surface area contributed by atoms with Crippen molar-refractivity contribution >= 4 is 61.1 Å². The van der Waals surface area contributed by atoms with E-state index in [2.05, 4.69) is 194 Å². The predicted octanol–water partition coefficient (Wildman–Crippen LogP) is 11.0. The number of nitrogens with zero attached hydrogens (tertiary/aromatic N) is 2. The van der Waals surface area contributed by atoms with Gasteiger partial charge >= 0.3 is 41.9 Å². The van der Waals surface area contributed by atoms with Gasteiger partial charge in [0.15, 0.2) is 23.0 Å². The van der Waals surface area contributed by atoms with Crippen molar-refractivity contribution in [2.75, 3.05) is 9.80 Å². The molecule has 10 aromatic carbocycles. The molecule has 0 aromatic heterocycles. The van der Waals surface area contributed by atoms with Gasteiger partial charge < -0.3 is 44.1 Å². The van der Waals surface area contributed by atoms with E-state index in [0.29, 0.717) is 0 Å². The third-order valence-corrected chi connectivity index (χ3v) is 11.5. The molecule has 0 saturated carbocycles. The van der Waals surface area contributed by atoms with Crippen LogP contribution in [0.1, 0.15) is 11.1 Å². The van der Waals surface area contributed by atoms with E-state index in [1.54, 1.807) is 23.3 Å². The number of hydrogen-bond acceptors (Lipinski definition) is 4. The second-order valence-corrected chi connectivity index (χ2v) is 25.9. The fourth-order valence-electron chi connectivity index (χ4n) is 8.85. The summed E-state index contributed by atoms with van der Waals surface area (Å²) in [7, 11) is 0. The number of anilines is 6. The summed E-state index contributed by atoms with van der Waals surface area (Å²) in [5.74, 6) is 3.49. The van der Waals surface area contributed by atoms with Crippen molar-refractivity contribution in [2.24, 2.45) is 0 Å². The minimum Gasteiger partial charge on any atom is -1.00 e. The Hall–Kier alpha value is -6.14. The largest absolute Gasteiger partial charge is 1.00 e. The fourth-order valence-corrected chi connectivity index (χ4v) is 8.85. The molecule has 0 N–H and O–H groups in total. The molecule has 0 fully saturated rings. The van der Waals surface area contributed by atoms with Crippen molar-refractivity contribution in [3.8, 4) is 45.3 Å². The van der Waals surface area contributed by atoms with Crippen molar-refractivity contribution in [2.45, 2.75) is 26.9 Å². The second-order valence-electron chi connectivity index (χ2n) is 16.5. The molecular formula is C58H46Cl2N2O2SiZr-2. The van der Waals surface area contributed by atoms with Crippen LogP contribution < -0.4 is 44.1 Å². The van der Waals surface area contributed by atoms with Crippen LogP contribution in [0.2, 0.25) is 13.1 Å². The summed E-state index contributed by atoms with van der Waals surface area (Å²) in [5.41, 5.74) is 14.2. The number of benzene rings is 8. The topological polar surface area (TPSA) is 24.9 Å². The Labute approximate surface area is 415 Å². The Morgan fingerprint density at radius 2 is 0.697 bits per heavy atom. The number of hydrogen-bond donors (Lipinski definition) is 0. The summed E-state index contributed by atoms with van der Waals surface area (Å²) in [4.78, 5) is 4.62. The van der Waals surface area contributed by atoms with Gasteiger partial charge in [0.25, 0.3) is 0 Å². The summed E-state index contributed by atoms with van der Waals surface area (Å²) < 4.78 is 12.4. The van der Waals surface area contributed by atoms with E-state index in [1.165, 1.54) is 54.9 Å². The third kappa shape index (κ3) is 9.30. The number of para-hydroxylation sites is 8. The molecule has 2 aliphatic rings. The molecule has 0 aliphatic carbocycles. The zero-order chi connectivity index (χ0) is 43.7. The maximum atomic E-state index is 6.19. The van der Waals surface area contributed by atoms with Gasteiger partial charge in [-0.25, -0.2) is 0 Å². The van der Waals surface area contributed by atoms with Crippen molar-refractivity contribution in [3.05, 3.63) is 217 Å². The van der Waals surface area contributed by atoms with Crippen LogP contribution >= 0.6 is 0 Å². The van der Waals surface area contributed by atoms with Crippen LogP contribution in [0.5, 0.6) is 23.0 Å². The summed E-state index contributed by atoms with van der Waals surface area (Å²) in [6.45, 7) is 8.94. The average molecular weight is 993 g/mol. The molecule has 2 aliphatic heterocycles. The zero-order valence-electron chi connectivity index (χ0n) is 37.1. The Morgan fingerprint density at radius 3 is 1.02 bits per heavy atom. The first-order valence-electron chi connectivity index (χ1n) is 21.7. The minimum atomic E-state index is 0. The van der Waals surface area contributed by atoms with E-state index in [9.17, 15) is 0 Å². The molecule has 0 saturated heterocycles. The molecule has 12 rings (SSSR count). The number of halogens is 2. The van der Waals surface area contributed by atoms with E-state index >= 15 is 0 Å². The number of rotatable bonds is 4. The maximum Gasteiger partial charge on any atom is 0.151 e. The van der Waals surface area contributed by atoms with E-state index in [-0.39, 0.29) is 30.2 Å². The van der Waals surface area contributed by atoms with Crippen LogP contribution in [-0.4, -0.2) is 5.43 Å². The standard InChI is InChI=1S/2C28H20NO.C2H6Si.2ClH.Zr/c2*1-19-15-21-17-22(18-24(23(21)16-19)20-9-3-2-4-10-20)29-25-11-5-7-13-27(25)30-28-14-8-6-12-26(28)29;1-3-2;;;/h2*2-18H,1H3;1-2H3;2*1H;/q2*-1;;;;+2/p-2. The summed E-state index contributed by atoms with van der Waals surface area (Å²) >= 11 is 1.74. The molecule has 0 atom stereocenters. The van der Waals surface area contributed by atoms with Crippen LogP contribution in [-0.2, 0) is 23.3 Å². The molecule has 0 radical (unpaired) electrons. The van der Waals surface area contributed by atoms with Crippen molar-refractivity contribution < 1.29 is 57.6 Å². The number of aryl methyl sites for hydroxylation is 2. The number of ether oxygens (including phenoxy) is 2. The van der Waals surface area contributed by atoms with Gasteiger partial charge in [0.05, 0.1) is 22.7 Å². The first-order chi connectivity index (χ1) is 31.3. The Kier molecular flexibility index (Phi) is 14.2. The molecular weight excluding hydrogens is 947 g/mol. The van der Waals surface area contributed by atoms with Gasteiger partial charge in [0.1, 0.15) is 0 Å². The Balaban J connectivity index is 0.000000162. The first kappa shape index (κ1) is 46.4. The van der Waals surface area contributed by atoms with Gasteiger partial charge in [-0.3, -0.25) is 0 Å². The molecule has 0 bridgehead atoms. The molecule has 10 aromatic rings. The van der Waals surface area contributed by atoms with Gasteiger partial charge in [0, 0.05) is 11.4 Å². The van der Waals surface area contributed by atoms with Crippen molar-refractivity contribution in [1.29, 1.82) is 0 Å². The molecule has 0 spiro atoms. The number of fused-ring (bicyclic) bond motifs is 6. The zero-order valence-corrected chi connectivity index (χ0v) is 42.1. The van der Waals surface area contributed by atoms with Crippen LogP contribution in [0.25, 0.3) is 43.8 Å². The second kappa shape index (κ2) is 20.2. The van der Waals surface area contributed by atoms with Gasteiger partial charge in [-0.05, 0) is 71.8 Å². The maximum absolute atomic E-state index is 6.19. The summed E-state index contributed by atoms with van der Waals surface area (Å²) in [6, 6.07) is 72.4. The average Bonchev–Trinajstić information content (AvgIpc) is 3.90. The normalized spacial score (nSPS) is 11.7. The van der Waals surface area contributed by atoms with Crippen LogP contribution in [0, 0.1) is 13.8 Å². The van der Waals surface area contributed by atoms with Gasteiger partial charge in [-0.15, -0.1) is 56.9 Å². The SMILES string of the molecule is C[Si](C)=[Zr+2].Cc1cc2c(-c3ccccc3)cc(N3c4ccccc4Oc4ccccc43)cc2[cH-]1.Cc1cc2c(-c3ccccc3)cc(N3c4ccccc4Oc4ccccc43)cc2[cH-]1.[Cl-].[Cl-].